The van der Waals surface area contributed by atoms with E-state index in [9.17, 15) is 4.79 Å². The molecule has 0 aromatic rings. The molecule has 0 aromatic carbocycles. The summed E-state index contributed by atoms with van der Waals surface area (Å²) >= 11 is 1.84. The molecule has 88 valence electrons. The van der Waals surface area contributed by atoms with Crippen molar-refractivity contribution < 1.29 is 4.79 Å². The van der Waals surface area contributed by atoms with E-state index in [1.165, 1.54) is 12.8 Å². The van der Waals surface area contributed by atoms with Crippen LogP contribution in [0.25, 0.3) is 0 Å². The van der Waals surface area contributed by atoms with Crippen molar-refractivity contribution in [3.05, 3.63) is 0 Å². The second-order valence-electron chi connectivity index (χ2n) is 5.45. The normalized spacial score (nSPS) is 20.9. The van der Waals surface area contributed by atoms with Crippen LogP contribution in [-0.2, 0) is 4.79 Å². The summed E-state index contributed by atoms with van der Waals surface area (Å²) in [7, 11) is 0. The van der Waals surface area contributed by atoms with Crippen LogP contribution in [0.4, 0.5) is 0 Å². The molecule has 0 aliphatic heterocycles. The van der Waals surface area contributed by atoms with Crippen molar-refractivity contribution in [1.29, 1.82) is 0 Å². The van der Waals surface area contributed by atoms with Gasteiger partial charge in [-0.3, -0.25) is 4.79 Å². The minimum absolute atomic E-state index is 0.0252. The Morgan fingerprint density at radius 2 is 2.07 bits per heavy atom. The summed E-state index contributed by atoms with van der Waals surface area (Å²) < 4.78 is 0.313. The van der Waals surface area contributed by atoms with Crippen LogP contribution in [0, 0.1) is 5.41 Å². The maximum absolute atomic E-state index is 11.7. The van der Waals surface area contributed by atoms with Crippen molar-refractivity contribution in [2.24, 2.45) is 11.1 Å². The molecule has 3 N–H and O–H groups in total. The van der Waals surface area contributed by atoms with Gasteiger partial charge in [0.05, 0.1) is 6.04 Å². The van der Waals surface area contributed by atoms with Crippen molar-refractivity contribution in [3.63, 3.8) is 0 Å². The Labute approximate surface area is 96.6 Å². The van der Waals surface area contributed by atoms with Gasteiger partial charge in [0.15, 0.2) is 0 Å². The molecule has 0 heterocycles. The van der Waals surface area contributed by atoms with Gasteiger partial charge in [-0.25, -0.2) is 0 Å². The molecule has 1 aliphatic carbocycles. The van der Waals surface area contributed by atoms with Crippen LogP contribution in [0.2, 0.25) is 0 Å². The van der Waals surface area contributed by atoms with E-state index in [0.29, 0.717) is 4.75 Å². The lowest BCUT2D eigenvalue weighted by molar-refractivity contribution is -0.124. The monoisotopic (exact) mass is 230 g/mol. The van der Waals surface area contributed by atoms with Gasteiger partial charge >= 0.3 is 0 Å². The van der Waals surface area contributed by atoms with Gasteiger partial charge < -0.3 is 11.1 Å². The largest absolute Gasteiger partial charge is 0.353 e. The van der Waals surface area contributed by atoms with E-state index in [1.54, 1.807) is 0 Å². The summed E-state index contributed by atoms with van der Waals surface area (Å²) in [5.41, 5.74) is 5.70. The minimum atomic E-state index is -0.421. The fourth-order valence-corrected chi connectivity index (χ4v) is 2.07. The van der Waals surface area contributed by atoms with Crippen molar-refractivity contribution in [2.75, 3.05) is 12.8 Å². The highest BCUT2D eigenvalue weighted by Gasteiger charge is 2.42. The Hall–Kier alpha value is -0.220. The van der Waals surface area contributed by atoms with Gasteiger partial charge in [0.25, 0.3) is 0 Å². The molecule has 0 aromatic heterocycles. The van der Waals surface area contributed by atoms with E-state index in [-0.39, 0.29) is 11.3 Å². The summed E-state index contributed by atoms with van der Waals surface area (Å²) in [6.45, 7) is 6.72. The Balaban J connectivity index is 2.36. The standard InChI is InChI=1S/C11H22N2OS/c1-10(2,3)8(12)9(14)13-7-11(15-4)5-6-11/h8H,5-7,12H2,1-4H3,(H,13,14)/t8-/m1/s1. The zero-order chi connectivity index (χ0) is 11.7. The van der Waals surface area contributed by atoms with Crippen molar-refractivity contribution in [2.45, 2.75) is 44.4 Å². The third-order valence-electron chi connectivity index (χ3n) is 3.04. The highest BCUT2D eigenvalue weighted by molar-refractivity contribution is 8.00. The highest BCUT2D eigenvalue weighted by atomic mass is 32.2. The zero-order valence-corrected chi connectivity index (χ0v) is 10.9. The molecule has 0 spiro atoms. The lowest BCUT2D eigenvalue weighted by Gasteiger charge is -2.26. The van der Waals surface area contributed by atoms with Gasteiger partial charge in [-0.1, -0.05) is 20.8 Å². The smallest absolute Gasteiger partial charge is 0.237 e. The predicted molar refractivity (Wildman–Crippen MR) is 65.9 cm³/mol. The molecule has 15 heavy (non-hydrogen) atoms. The van der Waals surface area contributed by atoms with Crippen molar-refractivity contribution in [3.8, 4) is 0 Å². The SMILES string of the molecule is CSC1(CNC(=O)[C@@H](N)C(C)(C)C)CC1. The Morgan fingerprint density at radius 3 is 2.40 bits per heavy atom. The van der Waals surface area contributed by atoms with Crippen LogP contribution in [0.3, 0.4) is 0 Å². The highest BCUT2D eigenvalue weighted by Crippen LogP contribution is 2.46. The maximum atomic E-state index is 11.7. The van der Waals surface area contributed by atoms with Gasteiger partial charge in [0.2, 0.25) is 5.91 Å². The third kappa shape index (κ3) is 3.38. The molecular formula is C11H22N2OS. The number of carbonyl (C=O) groups excluding carboxylic acids is 1. The number of hydrogen-bond donors (Lipinski definition) is 2. The number of nitrogens with one attached hydrogen (secondary N) is 1. The molecule has 1 rings (SSSR count). The number of rotatable bonds is 4. The van der Waals surface area contributed by atoms with Crippen LogP contribution in [-0.4, -0.2) is 29.5 Å². The molecule has 4 heteroatoms. The number of carbonyl (C=O) groups is 1. The van der Waals surface area contributed by atoms with Crippen LogP contribution in [0.15, 0.2) is 0 Å². The summed E-state index contributed by atoms with van der Waals surface area (Å²) in [6.07, 6.45) is 4.52. The molecule has 0 radical (unpaired) electrons. The Kier molecular flexibility index (Phi) is 3.71. The first-order valence-electron chi connectivity index (χ1n) is 5.39. The summed E-state index contributed by atoms with van der Waals surface area (Å²) in [5, 5.41) is 2.96. The quantitative estimate of drug-likeness (QED) is 0.767. The summed E-state index contributed by atoms with van der Waals surface area (Å²) in [4.78, 5) is 11.7. The molecule has 0 unspecified atom stereocenters. The van der Waals surface area contributed by atoms with Gasteiger partial charge in [-0.2, -0.15) is 11.8 Å². The fraction of sp³-hybridized carbons (Fsp3) is 0.909. The number of hydrogen-bond acceptors (Lipinski definition) is 3. The number of amides is 1. The van der Waals surface area contributed by atoms with E-state index in [1.807, 2.05) is 32.5 Å². The second-order valence-corrected chi connectivity index (χ2v) is 6.72. The van der Waals surface area contributed by atoms with Crippen molar-refractivity contribution >= 4 is 17.7 Å². The fourth-order valence-electron chi connectivity index (χ4n) is 1.34. The minimum Gasteiger partial charge on any atom is -0.353 e. The molecule has 1 amide bonds. The Bertz CT molecular complexity index is 243. The molecular weight excluding hydrogens is 208 g/mol. The molecule has 1 atom stereocenters. The van der Waals surface area contributed by atoms with Gasteiger partial charge in [-0.05, 0) is 24.5 Å². The number of thioether (sulfide) groups is 1. The average Bonchev–Trinajstić information content (AvgIpc) is 2.92. The molecule has 0 saturated heterocycles. The second kappa shape index (κ2) is 4.34. The van der Waals surface area contributed by atoms with Crippen LogP contribution in [0.5, 0.6) is 0 Å². The third-order valence-corrected chi connectivity index (χ3v) is 4.46. The lowest BCUT2D eigenvalue weighted by atomic mass is 9.87. The molecule has 0 bridgehead atoms. The van der Waals surface area contributed by atoms with Gasteiger partial charge in [-0.15, -0.1) is 0 Å². The van der Waals surface area contributed by atoms with E-state index in [4.69, 9.17) is 5.73 Å². The summed E-state index contributed by atoms with van der Waals surface area (Å²) in [5.74, 6) is -0.0252. The van der Waals surface area contributed by atoms with E-state index >= 15 is 0 Å². The summed E-state index contributed by atoms with van der Waals surface area (Å²) in [6, 6.07) is -0.421. The van der Waals surface area contributed by atoms with Crippen LogP contribution >= 0.6 is 11.8 Å². The topological polar surface area (TPSA) is 55.1 Å². The van der Waals surface area contributed by atoms with Gasteiger partial charge in [0.1, 0.15) is 0 Å². The molecule has 1 fully saturated rings. The van der Waals surface area contributed by atoms with Gasteiger partial charge in [0, 0.05) is 11.3 Å². The molecule has 1 saturated carbocycles. The molecule has 1 aliphatic rings. The first kappa shape index (κ1) is 12.8. The molecule has 3 nitrogen and oxygen atoms in total. The maximum Gasteiger partial charge on any atom is 0.237 e. The number of nitrogens with two attached hydrogens (primary N) is 1. The zero-order valence-electron chi connectivity index (χ0n) is 10.1. The van der Waals surface area contributed by atoms with Crippen molar-refractivity contribution in [1.82, 2.24) is 5.32 Å². The first-order valence-corrected chi connectivity index (χ1v) is 6.62. The Morgan fingerprint density at radius 1 is 1.53 bits per heavy atom. The average molecular weight is 230 g/mol. The lowest BCUT2D eigenvalue weighted by Crippen LogP contribution is -2.50. The van der Waals surface area contributed by atoms with E-state index in [0.717, 1.165) is 6.54 Å². The predicted octanol–water partition coefficient (Wildman–Crippen LogP) is 1.37. The van der Waals surface area contributed by atoms with Crippen LogP contribution in [0.1, 0.15) is 33.6 Å². The van der Waals surface area contributed by atoms with E-state index in [2.05, 4.69) is 11.6 Å². The van der Waals surface area contributed by atoms with E-state index < -0.39 is 6.04 Å². The first-order chi connectivity index (χ1) is 6.81. The van der Waals surface area contributed by atoms with Crippen LogP contribution < -0.4 is 11.1 Å².